The van der Waals surface area contributed by atoms with Gasteiger partial charge in [-0.2, -0.15) is 0 Å². The second-order valence-electron chi connectivity index (χ2n) is 7.20. The molecule has 1 unspecified atom stereocenters. The number of anilines is 1. The highest BCUT2D eigenvalue weighted by Gasteiger charge is 2.18. The Morgan fingerprint density at radius 2 is 1.86 bits per heavy atom. The van der Waals surface area contributed by atoms with E-state index in [9.17, 15) is 9.59 Å². The van der Waals surface area contributed by atoms with E-state index in [4.69, 9.17) is 21.1 Å². The summed E-state index contributed by atoms with van der Waals surface area (Å²) in [7, 11) is 1.51. The van der Waals surface area contributed by atoms with Crippen molar-refractivity contribution in [3.8, 4) is 11.5 Å². The molecule has 29 heavy (non-hydrogen) atoms. The van der Waals surface area contributed by atoms with E-state index < -0.39 is 0 Å². The first-order valence-electron chi connectivity index (χ1n) is 9.40. The molecule has 156 valence electrons. The maximum absolute atomic E-state index is 12.8. The van der Waals surface area contributed by atoms with Gasteiger partial charge in [0.25, 0.3) is 5.91 Å². The van der Waals surface area contributed by atoms with Gasteiger partial charge in [0.05, 0.1) is 24.8 Å². The Morgan fingerprint density at radius 1 is 1.14 bits per heavy atom. The molecule has 6 nitrogen and oxygen atoms in total. The number of hydrogen-bond donors (Lipinski definition) is 2. The monoisotopic (exact) mass is 418 g/mol. The molecule has 0 bridgehead atoms. The van der Waals surface area contributed by atoms with E-state index in [-0.39, 0.29) is 17.9 Å². The molecule has 2 amide bonds. The van der Waals surface area contributed by atoms with Crippen molar-refractivity contribution < 1.29 is 19.1 Å². The summed E-state index contributed by atoms with van der Waals surface area (Å²) in [5.74, 6) is 0.713. The van der Waals surface area contributed by atoms with Crippen molar-refractivity contribution in [2.24, 2.45) is 5.92 Å². The molecular weight excluding hydrogens is 392 g/mol. The van der Waals surface area contributed by atoms with Crippen LogP contribution in [0.3, 0.4) is 0 Å². The van der Waals surface area contributed by atoms with E-state index in [1.165, 1.54) is 14.0 Å². The Morgan fingerprint density at radius 3 is 2.48 bits per heavy atom. The summed E-state index contributed by atoms with van der Waals surface area (Å²) in [5.41, 5.74) is 1.90. The summed E-state index contributed by atoms with van der Waals surface area (Å²) >= 11 is 6.34. The SMILES string of the molecule is COc1cc(C(=O)NC(C)c2cccc(NC(C)=O)c2)cc(Cl)c1OCC(C)C. The van der Waals surface area contributed by atoms with E-state index >= 15 is 0 Å². The van der Waals surface area contributed by atoms with Crippen LogP contribution in [0, 0.1) is 5.92 Å². The van der Waals surface area contributed by atoms with Crippen LogP contribution in [0.5, 0.6) is 11.5 Å². The molecule has 0 heterocycles. The van der Waals surface area contributed by atoms with Crippen LogP contribution in [0.1, 0.15) is 49.7 Å². The minimum absolute atomic E-state index is 0.152. The largest absolute Gasteiger partial charge is 0.493 e. The Balaban J connectivity index is 2.17. The predicted octanol–water partition coefficient (Wildman–Crippen LogP) is 4.83. The Labute approximate surface area is 176 Å². The van der Waals surface area contributed by atoms with Gasteiger partial charge in [-0.3, -0.25) is 9.59 Å². The molecular formula is C22H27ClN2O4. The van der Waals surface area contributed by atoms with Crippen molar-refractivity contribution in [1.82, 2.24) is 5.32 Å². The van der Waals surface area contributed by atoms with Gasteiger partial charge < -0.3 is 20.1 Å². The van der Waals surface area contributed by atoms with Crippen molar-refractivity contribution in [1.29, 1.82) is 0 Å². The first-order valence-corrected chi connectivity index (χ1v) is 9.77. The molecule has 0 saturated carbocycles. The molecule has 0 spiro atoms. The molecule has 1 atom stereocenters. The van der Waals surface area contributed by atoms with Gasteiger partial charge in [-0.15, -0.1) is 0 Å². The van der Waals surface area contributed by atoms with E-state index in [2.05, 4.69) is 10.6 Å². The standard InChI is InChI=1S/C22H27ClN2O4/c1-13(2)12-29-21-19(23)10-17(11-20(21)28-5)22(27)24-14(3)16-7-6-8-18(9-16)25-15(4)26/h6-11,13-14H,12H2,1-5H3,(H,24,27)(H,25,26). The van der Waals surface area contributed by atoms with E-state index in [1.54, 1.807) is 18.2 Å². The van der Waals surface area contributed by atoms with E-state index in [0.29, 0.717) is 40.3 Å². The molecule has 0 aliphatic rings. The van der Waals surface area contributed by atoms with Gasteiger partial charge in [0, 0.05) is 18.2 Å². The molecule has 0 saturated heterocycles. The lowest BCUT2D eigenvalue weighted by Crippen LogP contribution is -2.26. The third kappa shape index (κ3) is 6.39. The topological polar surface area (TPSA) is 76.7 Å². The molecule has 0 fully saturated rings. The number of halogens is 1. The summed E-state index contributed by atoms with van der Waals surface area (Å²) in [4.78, 5) is 24.0. The first-order chi connectivity index (χ1) is 13.7. The van der Waals surface area contributed by atoms with Crippen LogP contribution in [0.15, 0.2) is 36.4 Å². The molecule has 2 rings (SSSR count). The van der Waals surface area contributed by atoms with Gasteiger partial charge in [-0.1, -0.05) is 37.6 Å². The van der Waals surface area contributed by atoms with Gasteiger partial charge in [0.2, 0.25) is 5.91 Å². The van der Waals surface area contributed by atoms with Gasteiger partial charge in [0.1, 0.15) is 0 Å². The van der Waals surface area contributed by atoms with Crippen LogP contribution in [0.2, 0.25) is 5.02 Å². The van der Waals surface area contributed by atoms with Gasteiger partial charge >= 0.3 is 0 Å². The highest BCUT2D eigenvalue weighted by molar-refractivity contribution is 6.32. The number of carbonyl (C=O) groups excluding carboxylic acids is 2. The van der Waals surface area contributed by atoms with Crippen molar-refractivity contribution in [2.75, 3.05) is 19.0 Å². The average Bonchev–Trinajstić information content (AvgIpc) is 2.65. The zero-order valence-electron chi connectivity index (χ0n) is 17.3. The lowest BCUT2D eigenvalue weighted by molar-refractivity contribution is -0.114. The Bertz CT molecular complexity index is 883. The predicted molar refractivity (Wildman–Crippen MR) is 115 cm³/mol. The van der Waals surface area contributed by atoms with Crippen LogP contribution in [-0.4, -0.2) is 25.5 Å². The summed E-state index contributed by atoms with van der Waals surface area (Å²) < 4.78 is 11.1. The molecule has 7 heteroatoms. The molecule has 0 aliphatic carbocycles. The fraction of sp³-hybridized carbons (Fsp3) is 0.364. The van der Waals surface area contributed by atoms with Crippen molar-refractivity contribution >= 4 is 29.1 Å². The van der Waals surface area contributed by atoms with Crippen LogP contribution in [0.4, 0.5) is 5.69 Å². The lowest BCUT2D eigenvalue weighted by Gasteiger charge is -2.18. The average molecular weight is 419 g/mol. The van der Waals surface area contributed by atoms with Crippen LogP contribution in [0.25, 0.3) is 0 Å². The fourth-order valence-corrected chi connectivity index (χ4v) is 2.96. The zero-order chi connectivity index (χ0) is 21.6. The number of rotatable bonds is 8. The van der Waals surface area contributed by atoms with Crippen molar-refractivity contribution in [3.63, 3.8) is 0 Å². The summed E-state index contributed by atoms with van der Waals surface area (Å²) in [5, 5.41) is 5.98. The van der Waals surface area contributed by atoms with Crippen molar-refractivity contribution in [2.45, 2.75) is 33.7 Å². The smallest absolute Gasteiger partial charge is 0.251 e. The maximum Gasteiger partial charge on any atom is 0.251 e. The molecule has 2 aromatic carbocycles. The number of hydrogen-bond acceptors (Lipinski definition) is 4. The van der Waals surface area contributed by atoms with E-state index in [0.717, 1.165) is 5.56 Å². The van der Waals surface area contributed by atoms with Crippen LogP contribution in [-0.2, 0) is 4.79 Å². The molecule has 0 radical (unpaired) electrons. The number of ether oxygens (including phenoxy) is 2. The number of methoxy groups -OCH3 is 1. The van der Waals surface area contributed by atoms with Gasteiger partial charge in [-0.25, -0.2) is 0 Å². The van der Waals surface area contributed by atoms with Crippen LogP contribution < -0.4 is 20.1 Å². The molecule has 0 aromatic heterocycles. The normalized spacial score (nSPS) is 11.7. The van der Waals surface area contributed by atoms with Crippen molar-refractivity contribution in [3.05, 3.63) is 52.5 Å². The van der Waals surface area contributed by atoms with Gasteiger partial charge in [0.15, 0.2) is 11.5 Å². The molecule has 2 aromatic rings. The minimum atomic E-state index is -0.293. The van der Waals surface area contributed by atoms with Gasteiger partial charge in [-0.05, 0) is 42.7 Å². The number of carbonyl (C=O) groups is 2. The third-order valence-electron chi connectivity index (χ3n) is 4.11. The summed E-state index contributed by atoms with van der Waals surface area (Å²) in [6, 6.07) is 10.2. The summed E-state index contributed by atoms with van der Waals surface area (Å²) in [6.07, 6.45) is 0. The highest BCUT2D eigenvalue weighted by Crippen LogP contribution is 2.37. The first kappa shape index (κ1) is 22.6. The van der Waals surface area contributed by atoms with E-state index in [1.807, 2.05) is 39.0 Å². The third-order valence-corrected chi connectivity index (χ3v) is 4.39. The maximum atomic E-state index is 12.8. The summed E-state index contributed by atoms with van der Waals surface area (Å²) in [6.45, 7) is 7.87. The Hall–Kier alpha value is -2.73. The second-order valence-corrected chi connectivity index (χ2v) is 7.60. The number of nitrogens with one attached hydrogen (secondary N) is 2. The highest BCUT2D eigenvalue weighted by atomic mass is 35.5. The van der Waals surface area contributed by atoms with Crippen LogP contribution >= 0.6 is 11.6 Å². The second kappa shape index (κ2) is 10.2. The zero-order valence-corrected chi connectivity index (χ0v) is 18.1. The molecule has 2 N–H and O–H groups in total. The lowest BCUT2D eigenvalue weighted by atomic mass is 10.1. The minimum Gasteiger partial charge on any atom is -0.493 e. The quantitative estimate of drug-likeness (QED) is 0.643. The fourth-order valence-electron chi connectivity index (χ4n) is 2.69. The molecule has 0 aliphatic heterocycles. The number of amides is 2. The Kier molecular flexibility index (Phi) is 7.91. The number of benzene rings is 2.